The zero-order valence-corrected chi connectivity index (χ0v) is 13.1. The van der Waals surface area contributed by atoms with Crippen LogP contribution in [-0.2, 0) is 16.9 Å². The summed E-state index contributed by atoms with van der Waals surface area (Å²) < 4.78 is 5.76. The molecular weight excluding hydrogens is 274 g/mol. The van der Waals surface area contributed by atoms with Gasteiger partial charge >= 0.3 is 6.09 Å². The number of nitrogens with zero attached hydrogens (tertiary/aromatic N) is 1. The van der Waals surface area contributed by atoms with Crippen LogP contribution in [0.1, 0.15) is 30.0 Å². The second-order valence-electron chi connectivity index (χ2n) is 6.13. The number of rotatable bonds is 3. The Hall–Kier alpha value is -2.29. The molecule has 0 N–H and O–H groups in total. The van der Waals surface area contributed by atoms with E-state index in [-0.39, 0.29) is 6.09 Å². The minimum Gasteiger partial charge on any atom is -0.438 e. The van der Waals surface area contributed by atoms with Crippen LogP contribution in [0.2, 0.25) is 0 Å². The van der Waals surface area contributed by atoms with Gasteiger partial charge in [0.2, 0.25) is 0 Å². The summed E-state index contributed by atoms with van der Waals surface area (Å²) >= 11 is 0. The van der Waals surface area contributed by atoms with Crippen LogP contribution < -0.4 is 0 Å². The molecule has 22 heavy (non-hydrogen) atoms. The van der Waals surface area contributed by atoms with Crippen molar-refractivity contribution in [3.63, 3.8) is 0 Å². The maximum Gasteiger partial charge on any atom is 0.410 e. The predicted octanol–water partition coefficient (Wildman–Crippen LogP) is 4.25. The van der Waals surface area contributed by atoms with E-state index in [1.54, 1.807) is 4.90 Å². The molecule has 0 bridgehead atoms. The second kappa shape index (κ2) is 5.84. The van der Waals surface area contributed by atoms with Gasteiger partial charge in [-0.25, -0.2) is 4.79 Å². The van der Waals surface area contributed by atoms with Gasteiger partial charge < -0.3 is 9.64 Å². The third kappa shape index (κ3) is 2.98. The topological polar surface area (TPSA) is 29.5 Å². The Labute approximate surface area is 131 Å². The molecule has 2 aromatic rings. The fourth-order valence-corrected chi connectivity index (χ4v) is 2.92. The third-order valence-corrected chi connectivity index (χ3v) is 4.27. The zero-order chi connectivity index (χ0) is 15.6. The summed E-state index contributed by atoms with van der Waals surface area (Å²) in [6, 6.07) is 18.2. The lowest BCUT2D eigenvalue weighted by molar-refractivity contribution is -0.0427. The van der Waals surface area contributed by atoms with E-state index in [1.807, 2.05) is 49.4 Å². The number of carbonyl (C=O) groups is 1. The van der Waals surface area contributed by atoms with Crippen molar-refractivity contribution in [3.8, 4) is 0 Å². The number of benzene rings is 2. The molecule has 1 unspecified atom stereocenters. The molecule has 3 nitrogen and oxygen atoms in total. The molecule has 2 aromatic carbocycles. The molecule has 0 aromatic heterocycles. The minimum atomic E-state index is -0.526. The SMILES string of the molecule is Cc1cccc(CN2CCC(C)(c3ccccc3)OC2=O)c1. The number of hydrogen-bond donors (Lipinski definition) is 0. The molecule has 3 heteroatoms. The maximum absolute atomic E-state index is 12.4. The van der Waals surface area contributed by atoms with Gasteiger partial charge in [-0.1, -0.05) is 60.2 Å². The normalized spacial score (nSPS) is 21.5. The van der Waals surface area contributed by atoms with Crippen LogP contribution >= 0.6 is 0 Å². The highest BCUT2D eigenvalue weighted by atomic mass is 16.6. The van der Waals surface area contributed by atoms with E-state index in [4.69, 9.17) is 4.74 Å². The predicted molar refractivity (Wildman–Crippen MR) is 86.5 cm³/mol. The van der Waals surface area contributed by atoms with E-state index in [0.717, 1.165) is 17.5 Å². The average Bonchev–Trinajstić information content (AvgIpc) is 2.51. The summed E-state index contributed by atoms with van der Waals surface area (Å²) in [6.45, 7) is 5.36. The number of hydrogen-bond acceptors (Lipinski definition) is 2. The molecule has 3 rings (SSSR count). The van der Waals surface area contributed by atoms with Crippen molar-refractivity contribution in [2.75, 3.05) is 6.54 Å². The fraction of sp³-hybridized carbons (Fsp3) is 0.316. The highest BCUT2D eigenvalue weighted by Crippen LogP contribution is 2.33. The highest BCUT2D eigenvalue weighted by molar-refractivity contribution is 5.69. The molecule has 0 radical (unpaired) electrons. The number of aryl methyl sites for hydroxylation is 1. The third-order valence-electron chi connectivity index (χ3n) is 4.27. The Morgan fingerprint density at radius 3 is 2.59 bits per heavy atom. The van der Waals surface area contributed by atoms with Gasteiger partial charge in [0, 0.05) is 19.5 Å². The van der Waals surface area contributed by atoms with Crippen LogP contribution in [0.3, 0.4) is 0 Å². The lowest BCUT2D eigenvalue weighted by Crippen LogP contribution is -2.46. The second-order valence-corrected chi connectivity index (χ2v) is 6.13. The van der Waals surface area contributed by atoms with Gasteiger partial charge in [0.25, 0.3) is 0 Å². The van der Waals surface area contributed by atoms with E-state index >= 15 is 0 Å². The van der Waals surface area contributed by atoms with E-state index in [0.29, 0.717) is 13.1 Å². The van der Waals surface area contributed by atoms with E-state index in [2.05, 4.69) is 19.1 Å². The van der Waals surface area contributed by atoms with Crippen LogP contribution in [-0.4, -0.2) is 17.5 Å². The van der Waals surface area contributed by atoms with Gasteiger partial charge in [-0.2, -0.15) is 0 Å². The van der Waals surface area contributed by atoms with Gasteiger partial charge in [0.1, 0.15) is 5.60 Å². The van der Waals surface area contributed by atoms with Gasteiger partial charge in [-0.15, -0.1) is 0 Å². The minimum absolute atomic E-state index is 0.237. The van der Waals surface area contributed by atoms with Gasteiger partial charge in [-0.05, 0) is 25.0 Å². The van der Waals surface area contributed by atoms with Crippen LogP contribution in [0.5, 0.6) is 0 Å². The van der Waals surface area contributed by atoms with E-state index in [9.17, 15) is 4.79 Å². The summed E-state index contributed by atoms with van der Waals surface area (Å²) in [5.74, 6) is 0. The van der Waals surface area contributed by atoms with E-state index < -0.39 is 5.60 Å². The summed E-state index contributed by atoms with van der Waals surface area (Å²) in [4.78, 5) is 14.2. The van der Waals surface area contributed by atoms with Crippen LogP contribution in [0, 0.1) is 6.92 Å². The number of cyclic esters (lactones) is 1. The van der Waals surface area contributed by atoms with Crippen molar-refractivity contribution in [1.29, 1.82) is 0 Å². The molecule has 0 saturated carbocycles. The Balaban J connectivity index is 1.71. The molecule has 114 valence electrons. The van der Waals surface area contributed by atoms with Crippen molar-refractivity contribution >= 4 is 6.09 Å². The van der Waals surface area contributed by atoms with Crippen molar-refractivity contribution in [3.05, 3.63) is 71.3 Å². The molecule has 1 fully saturated rings. The van der Waals surface area contributed by atoms with Crippen LogP contribution in [0.4, 0.5) is 4.79 Å². The molecule has 1 aliphatic heterocycles. The summed E-state index contributed by atoms with van der Waals surface area (Å²) in [5.41, 5.74) is 2.87. The van der Waals surface area contributed by atoms with Gasteiger partial charge in [0.15, 0.2) is 0 Å². The number of amides is 1. The van der Waals surface area contributed by atoms with Gasteiger partial charge in [0.05, 0.1) is 0 Å². The Morgan fingerprint density at radius 1 is 1.14 bits per heavy atom. The summed E-state index contributed by atoms with van der Waals surface area (Å²) in [6.07, 6.45) is 0.563. The van der Waals surface area contributed by atoms with Crippen molar-refractivity contribution < 1.29 is 9.53 Å². The Kier molecular flexibility index (Phi) is 3.88. The zero-order valence-electron chi connectivity index (χ0n) is 13.1. The molecule has 1 atom stereocenters. The van der Waals surface area contributed by atoms with Crippen LogP contribution in [0.25, 0.3) is 0 Å². The molecular formula is C19H21NO2. The van der Waals surface area contributed by atoms with Crippen molar-refractivity contribution in [2.45, 2.75) is 32.4 Å². The molecule has 0 aliphatic carbocycles. The monoisotopic (exact) mass is 295 g/mol. The standard InChI is InChI=1S/C19H21NO2/c1-15-7-6-8-16(13-15)14-20-12-11-19(2,22-18(20)21)17-9-4-3-5-10-17/h3-10,13H,11-12,14H2,1-2H3. The molecule has 1 aliphatic rings. The van der Waals surface area contributed by atoms with Gasteiger partial charge in [-0.3, -0.25) is 0 Å². The Morgan fingerprint density at radius 2 is 1.91 bits per heavy atom. The lowest BCUT2D eigenvalue weighted by Gasteiger charge is -2.39. The summed E-state index contributed by atoms with van der Waals surface area (Å²) in [7, 11) is 0. The first-order chi connectivity index (χ1) is 10.6. The first-order valence-corrected chi connectivity index (χ1v) is 7.66. The summed E-state index contributed by atoms with van der Waals surface area (Å²) in [5, 5.41) is 0. The molecule has 1 heterocycles. The van der Waals surface area contributed by atoms with Crippen LogP contribution in [0.15, 0.2) is 54.6 Å². The van der Waals surface area contributed by atoms with Crippen molar-refractivity contribution in [2.24, 2.45) is 0 Å². The largest absolute Gasteiger partial charge is 0.438 e. The smallest absolute Gasteiger partial charge is 0.410 e. The van der Waals surface area contributed by atoms with Crippen molar-refractivity contribution in [1.82, 2.24) is 4.90 Å². The highest BCUT2D eigenvalue weighted by Gasteiger charge is 2.37. The average molecular weight is 295 g/mol. The first-order valence-electron chi connectivity index (χ1n) is 7.66. The first kappa shape index (κ1) is 14.6. The lowest BCUT2D eigenvalue weighted by atomic mass is 9.91. The molecule has 1 saturated heterocycles. The number of ether oxygens (including phenoxy) is 1. The fourth-order valence-electron chi connectivity index (χ4n) is 2.92. The Bertz CT molecular complexity index is 668. The number of carbonyl (C=O) groups excluding carboxylic acids is 1. The molecule has 0 spiro atoms. The quantitative estimate of drug-likeness (QED) is 0.847. The van der Waals surface area contributed by atoms with E-state index in [1.165, 1.54) is 5.56 Å². The molecule has 1 amide bonds. The maximum atomic E-state index is 12.4.